The van der Waals surface area contributed by atoms with Crippen LogP contribution in [-0.4, -0.2) is 23.0 Å². The molecule has 0 bridgehead atoms. The summed E-state index contributed by atoms with van der Waals surface area (Å²) in [6, 6.07) is 21.5. The SMILES string of the molecule is CC(=O)Nc1ccc(NC(=O)C(C)Sc2ccc(NC(=O)Cc3ccc(Cl)cc3)cc2)cc1. The van der Waals surface area contributed by atoms with Crippen LogP contribution >= 0.6 is 23.4 Å². The number of halogens is 1. The Morgan fingerprint density at radius 2 is 1.30 bits per heavy atom. The molecule has 8 heteroatoms. The first-order chi connectivity index (χ1) is 15.8. The van der Waals surface area contributed by atoms with E-state index in [1.54, 1.807) is 36.4 Å². The Bertz CT molecular complexity index is 1120. The summed E-state index contributed by atoms with van der Waals surface area (Å²) in [7, 11) is 0. The van der Waals surface area contributed by atoms with Crippen LogP contribution in [0.3, 0.4) is 0 Å². The summed E-state index contributed by atoms with van der Waals surface area (Å²) in [5.41, 5.74) is 2.90. The highest BCUT2D eigenvalue weighted by atomic mass is 35.5. The van der Waals surface area contributed by atoms with Crippen molar-refractivity contribution in [1.29, 1.82) is 0 Å². The van der Waals surface area contributed by atoms with E-state index in [1.165, 1.54) is 18.7 Å². The molecule has 0 radical (unpaired) electrons. The van der Waals surface area contributed by atoms with E-state index in [9.17, 15) is 14.4 Å². The first kappa shape index (κ1) is 24.4. The molecule has 3 rings (SSSR count). The van der Waals surface area contributed by atoms with Crippen LogP contribution in [0.15, 0.2) is 77.7 Å². The van der Waals surface area contributed by atoms with Crippen LogP contribution in [0.4, 0.5) is 17.1 Å². The Kier molecular flexibility index (Phi) is 8.52. The summed E-state index contributed by atoms with van der Waals surface area (Å²) >= 11 is 7.29. The molecule has 6 nitrogen and oxygen atoms in total. The number of carbonyl (C=O) groups excluding carboxylic acids is 3. The summed E-state index contributed by atoms with van der Waals surface area (Å²) in [5.74, 6) is -0.397. The molecule has 0 aliphatic heterocycles. The first-order valence-corrected chi connectivity index (χ1v) is 11.5. The molecule has 0 aliphatic rings. The Morgan fingerprint density at radius 1 is 0.788 bits per heavy atom. The fraction of sp³-hybridized carbons (Fsp3) is 0.160. The van der Waals surface area contributed by atoms with E-state index in [2.05, 4.69) is 16.0 Å². The Balaban J connectivity index is 1.49. The first-order valence-electron chi connectivity index (χ1n) is 10.3. The molecule has 0 saturated heterocycles. The standard InChI is InChI=1S/C25H24ClN3O3S/c1-16(25(32)29-22-9-7-20(8-10-22)27-17(2)30)33-23-13-11-21(12-14-23)28-24(31)15-18-3-5-19(26)6-4-18/h3-14,16H,15H2,1-2H3,(H,27,30)(H,28,31)(H,29,32). The lowest BCUT2D eigenvalue weighted by Gasteiger charge is -2.13. The second kappa shape index (κ2) is 11.5. The van der Waals surface area contributed by atoms with Crippen molar-refractivity contribution in [3.8, 4) is 0 Å². The maximum Gasteiger partial charge on any atom is 0.237 e. The van der Waals surface area contributed by atoms with Crippen molar-refractivity contribution in [2.75, 3.05) is 16.0 Å². The number of hydrogen-bond acceptors (Lipinski definition) is 4. The van der Waals surface area contributed by atoms with Crippen LogP contribution in [0.2, 0.25) is 5.02 Å². The number of benzene rings is 3. The van der Waals surface area contributed by atoms with Crippen LogP contribution in [0.5, 0.6) is 0 Å². The molecular formula is C25H24ClN3O3S. The number of anilines is 3. The second-order valence-electron chi connectivity index (χ2n) is 7.38. The third kappa shape index (κ3) is 7.97. The summed E-state index contributed by atoms with van der Waals surface area (Å²) in [5, 5.41) is 8.73. The van der Waals surface area contributed by atoms with Crippen molar-refractivity contribution in [3.05, 3.63) is 83.4 Å². The molecule has 170 valence electrons. The number of hydrogen-bond donors (Lipinski definition) is 3. The number of carbonyl (C=O) groups is 3. The second-order valence-corrected chi connectivity index (χ2v) is 9.23. The summed E-state index contributed by atoms with van der Waals surface area (Å²) < 4.78 is 0. The molecule has 0 spiro atoms. The predicted octanol–water partition coefficient (Wildman–Crippen LogP) is 5.60. The number of thioether (sulfide) groups is 1. The normalized spacial score (nSPS) is 11.4. The lowest BCUT2D eigenvalue weighted by atomic mass is 10.1. The highest BCUT2D eigenvalue weighted by Gasteiger charge is 2.15. The van der Waals surface area contributed by atoms with Crippen LogP contribution < -0.4 is 16.0 Å². The minimum Gasteiger partial charge on any atom is -0.326 e. The van der Waals surface area contributed by atoms with Crippen molar-refractivity contribution in [2.24, 2.45) is 0 Å². The van der Waals surface area contributed by atoms with Gasteiger partial charge in [0.1, 0.15) is 0 Å². The average molecular weight is 482 g/mol. The van der Waals surface area contributed by atoms with Crippen LogP contribution in [-0.2, 0) is 20.8 Å². The van der Waals surface area contributed by atoms with Crippen LogP contribution in [0.1, 0.15) is 19.4 Å². The molecule has 0 fully saturated rings. The smallest absolute Gasteiger partial charge is 0.237 e. The molecule has 1 unspecified atom stereocenters. The Labute approximate surface area is 202 Å². The van der Waals surface area contributed by atoms with Gasteiger partial charge in [-0.25, -0.2) is 0 Å². The number of rotatable bonds is 8. The van der Waals surface area contributed by atoms with Crippen molar-refractivity contribution >= 4 is 58.1 Å². The molecule has 3 amide bonds. The Hall–Kier alpha value is -3.29. The fourth-order valence-corrected chi connectivity index (χ4v) is 3.94. The maximum absolute atomic E-state index is 12.5. The Morgan fingerprint density at radius 3 is 1.88 bits per heavy atom. The van der Waals surface area contributed by atoms with E-state index >= 15 is 0 Å². The van der Waals surface area contributed by atoms with Crippen LogP contribution in [0.25, 0.3) is 0 Å². The minimum absolute atomic E-state index is 0.116. The zero-order valence-corrected chi connectivity index (χ0v) is 19.8. The molecular weight excluding hydrogens is 458 g/mol. The van der Waals surface area contributed by atoms with Gasteiger partial charge in [-0.05, 0) is 73.2 Å². The van der Waals surface area contributed by atoms with Gasteiger partial charge < -0.3 is 16.0 Å². The fourth-order valence-electron chi connectivity index (χ4n) is 2.95. The molecule has 0 aromatic heterocycles. The van der Waals surface area contributed by atoms with Gasteiger partial charge in [-0.2, -0.15) is 0 Å². The van der Waals surface area contributed by atoms with Gasteiger partial charge in [0.15, 0.2) is 0 Å². The number of nitrogens with one attached hydrogen (secondary N) is 3. The van der Waals surface area contributed by atoms with E-state index in [0.717, 1.165) is 10.5 Å². The molecule has 0 heterocycles. The highest BCUT2D eigenvalue weighted by Crippen LogP contribution is 2.26. The lowest BCUT2D eigenvalue weighted by molar-refractivity contribution is -0.116. The van der Waals surface area contributed by atoms with Gasteiger partial charge in [0, 0.05) is 33.9 Å². The van der Waals surface area contributed by atoms with Crippen molar-refractivity contribution < 1.29 is 14.4 Å². The van der Waals surface area contributed by atoms with Gasteiger partial charge in [0.05, 0.1) is 11.7 Å². The van der Waals surface area contributed by atoms with E-state index in [4.69, 9.17) is 11.6 Å². The lowest BCUT2D eigenvalue weighted by Crippen LogP contribution is -2.22. The van der Waals surface area contributed by atoms with Gasteiger partial charge in [0.2, 0.25) is 17.7 Å². The molecule has 1 atom stereocenters. The maximum atomic E-state index is 12.5. The third-order valence-corrected chi connectivity index (χ3v) is 5.93. The summed E-state index contributed by atoms with van der Waals surface area (Å²) in [6.07, 6.45) is 0.261. The minimum atomic E-state index is -0.328. The van der Waals surface area contributed by atoms with E-state index < -0.39 is 0 Å². The average Bonchev–Trinajstić information content (AvgIpc) is 2.77. The molecule has 0 saturated carbocycles. The number of amides is 3. The van der Waals surface area contributed by atoms with Gasteiger partial charge in [-0.15, -0.1) is 11.8 Å². The van der Waals surface area contributed by atoms with Crippen molar-refractivity contribution in [2.45, 2.75) is 30.4 Å². The third-order valence-electron chi connectivity index (χ3n) is 4.57. The molecule has 0 aliphatic carbocycles. The summed E-state index contributed by atoms with van der Waals surface area (Å²) in [4.78, 5) is 36.8. The molecule has 3 N–H and O–H groups in total. The highest BCUT2D eigenvalue weighted by molar-refractivity contribution is 8.00. The quantitative estimate of drug-likeness (QED) is 0.365. The van der Waals surface area contributed by atoms with Crippen LogP contribution in [0, 0.1) is 0 Å². The predicted molar refractivity (Wildman–Crippen MR) is 135 cm³/mol. The monoisotopic (exact) mass is 481 g/mol. The van der Waals surface area contributed by atoms with E-state index in [-0.39, 0.29) is 29.4 Å². The zero-order chi connectivity index (χ0) is 23.8. The van der Waals surface area contributed by atoms with Gasteiger partial charge in [0.25, 0.3) is 0 Å². The largest absolute Gasteiger partial charge is 0.326 e. The van der Waals surface area contributed by atoms with Gasteiger partial charge in [-0.1, -0.05) is 23.7 Å². The van der Waals surface area contributed by atoms with Gasteiger partial charge >= 0.3 is 0 Å². The topological polar surface area (TPSA) is 87.3 Å². The van der Waals surface area contributed by atoms with E-state index in [1.807, 2.05) is 43.3 Å². The zero-order valence-electron chi connectivity index (χ0n) is 18.2. The molecule has 33 heavy (non-hydrogen) atoms. The van der Waals surface area contributed by atoms with Gasteiger partial charge in [-0.3, -0.25) is 14.4 Å². The molecule has 3 aromatic carbocycles. The van der Waals surface area contributed by atoms with Crippen molar-refractivity contribution in [3.63, 3.8) is 0 Å². The molecule has 3 aromatic rings. The summed E-state index contributed by atoms with van der Waals surface area (Å²) in [6.45, 7) is 3.27. The van der Waals surface area contributed by atoms with E-state index in [0.29, 0.717) is 22.1 Å². The van der Waals surface area contributed by atoms with Crippen molar-refractivity contribution in [1.82, 2.24) is 0 Å².